The molecule has 0 saturated carbocycles. The first-order valence-electron chi connectivity index (χ1n) is 19.3. The van der Waals surface area contributed by atoms with Crippen molar-refractivity contribution < 1.29 is 76.8 Å². The first kappa shape index (κ1) is 45.8. The van der Waals surface area contributed by atoms with Crippen LogP contribution >= 0.6 is 0 Å². The number of ether oxygens (including phenoxy) is 9. The van der Waals surface area contributed by atoms with Crippen molar-refractivity contribution in [2.75, 3.05) is 21.2 Å². The molecule has 318 valence electrons. The third-order valence-corrected chi connectivity index (χ3v) is 10.9. The maximum absolute atomic E-state index is 13.4. The van der Waals surface area contributed by atoms with E-state index in [0.29, 0.717) is 12.7 Å². The molecule has 56 heavy (non-hydrogen) atoms. The molecule has 4 rings (SSSR count). The number of hydrogen-bond donors (Lipinski definition) is 2. The number of fused-ring (bicyclic) bond motifs is 1. The Hall–Kier alpha value is -2.87. The highest BCUT2D eigenvalue weighted by atomic mass is 16.7. The van der Waals surface area contributed by atoms with Crippen LogP contribution in [0, 0.1) is 11.8 Å². The molecule has 0 aliphatic carbocycles. The lowest BCUT2D eigenvalue weighted by Gasteiger charge is -2.50. The predicted molar refractivity (Wildman–Crippen MR) is 195 cm³/mol. The van der Waals surface area contributed by atoms with Crippen LogP contribution in [0.15, 0.2) is 12.2 Å². The summed E-state index contributed by atoms with van der Waals surface area (Å²) in [6.45, 7) is 10.8. The van der Waals surface area contributed by atoms with Gasteiger partial charge >= 0.3 is 17.9 Å². The summed E-state index contributed by atoms with van der Waals surface area (Å²) in [6, 6.07) is -0.796. The van der Waals surface area contributed by atoms with Gasteiger partial charge in [0.15, 0.2) is 24.5 Å². The summed E-state index contributed by atoms with van der Waals surface area (Å²) in [5.41, 5.74) is -1.50. The Kier molecular flexibility index (Phi) is 16.1. The number of methoxy groups -OCH3 is 1. The summed E-state index contributed by atoms with van der Waals surface area (Å²) in [5.74, 6) is -3.54. The number of carbonyl (C=O) groups excluding carboxylic acids is 5. The Morgan fingerprint density at radius 2 is 1.64 bits per heavy atom. The number of aliphatic hydroxyl groups is 2. The normalized spacial score (nSPS) is 42.7. The number of cyclic esters (lactones) is 1. The summed E-state index contributed by atoms with van der Waals surface area (Å²) in [7, 11) is 4.80. The minimum Gasteiger partial charge on any atom is -0.462 e. The minimum atomic E-state index is -1.50. The Morgan fingerprint density at radius 1 is 0.964 bits per heavy atom. The molecule has 0 spiro atoms. The zero-order chi connectivity index (χ0) is 41.6. The van der Waals surface area contributed by atoms with Crippen molar-refractivity contribution in [1.82, 2.24) is 4.90 Å². The number of ketones is 1. The van der Waals surface area contributed by atoms with E-state index in [0.717, 1.165) is 0 Å². The zero-order valence-corrected chi connectivity index (χ0v) is 34.1. The van der Waals surface area contributed by atoms with E-state index in [1.165, 1.54) is 34.0 Å². The average Bonchev–Trinajstić information content (AvgIpc) is 3.82. The summed E-state index contributed by atoms with van der Waals surface area (Å²) >= 11 is 0. The van der Waals surface area contributed by atoms with Gasteiger partial charge in [-0.25, -0.2) is 0 Å². The molecule has 4 aliphatic rings. The molecule has 0 aromatic rings. The van der Waals surface area contributed by atoms with Gasteiger partial charge in [0, 0.05) is 46.1 Å². The number of carbonyl (C=O) groups is 5. The number of hydrogen-bond acceptors (Lipinski definition) is 17. The Morgan fingerprint density at radius 3 is 2.23 bits per heavy atom. The third kappa shape index (κ3) is 11.9. The molecule has 17 atom stereocenters. The molecule has 0 aromatic heterocycles. The van der Waals surface area contributed by atoms with Gasteiger partial charge in [-0.15, -0.1) is 0 Å². The van der Waals surface area contributed by atoms with Gasteiger partial charge in [-0.2, -0.15) is 0 Å². The highest BCUT2D eigenvalue weighted by Gasteiger charge is 2.53. The number of nitrogens with zero attached hydrogens (tertiary/aromatic N) is 1. The number of rotatable bonds is 10. The lowest BCUT2D eigenvalue weighted by atomic mass is 9.83. The van der Waals surface area contributed by atoms with E-state index in [9.17, 15) is 34.2 Å². The Bertz CT molecular complexity index is 1400. The smallest absolute Gasteiger partial charge is 0.309 e. The van der Waals surface area contributed by atoms with E-state index < -0.39 is 115 Å². The van der Waals surface area contributed by atoms with Crippen LogP contribution in [0.5, 0.6) is 0 Å². The summed E-state index contributed by atoms with van der Waals surface area (Å²) < 4.78 is 53.6. The minimum absolute atomic E-state index is 0.0568. The second-order valence-electron chi connectivity index (χ2n) is 16.0. The standard InChI is InChI=1S/C39H61NO16/c1-19-15-25(13-14-41)35(36(48-10)29(52-23(5)42)17-30(45)49-20(2)16-28-27(54-28)12-11-26(19)44)56-38-33(46)32(40(8)9)34(21(3)51-38)55-31-18-39(7,47)37(22(4)50-31)53-24(6)43/h11-12,14,19-22,25,27-29,31-38,46-47H,13,15-18H2,1-10H3. The number of aldehydes is 1. The summed E-state index contributed by atoms with van der Waals surface area (Å²) in [6.07, 6.45) is -8.14. The maximum Gasteiger partial charge on any atom is 0.309 e. The van der Waals surface area contributed by atoms with Crippen LogP contribution < -0.4 is 0 Å². The fourth-order valence-corrected chi connectivity index (χ4v) is 8.17. The molecule has 2 N–H and O–H groups in total. The Balaban J connectivity index is 1.67. The van der Waals surface area contributed by atoms with Gasteiger partial charge in [0.25, 0.3) is 0 Å². The van der Waals surface area contributed by atoms with Crippen LogP contribution in [-0.4, -0.2) is 158 Å². The molecule has 17 unspecified atom stereocenters. The fourth-order valence-electron chi connectivity index (χ4n) is 8.17. The lowest BCUT2D eigenvalue weighted by molar-refractivity contribution is -0.344. The van der Waals surface area contributed by atoms with Gasteiger partial charge in [-0.3, -0.25) is 19.2 Å². The van der Waals surface area contributed by atoms with Crippen molar-refractivity contribution in [2.45, 2.75) is 172 Å². The third-order valence-electron chi connectivity index (χ3n) is 10.9. The fraction of sp³-hybridized carbons (Fsp3) is 0.821. The molecule has 0 radical (unpaired) electrons. The van der Waals surface area contributed by atoms with Crippen LogP contribution in [0.3, 0.4) is 0 Å². The monoisotopic (exact) mass is 799 g/mol. The lowest BCUT2D eigenvalue weighted by Crippen LogP contribution is -2.66. The van der Waals surface area contributed by atoms with Gasteiger partial charge in [-0.1, -0.05) is 6.92 Å². The van der Waals surface area contributed by atoms with Crippen molar-refractivity contribution in [2.24, 2.45) is 11.8 Å². The van der Waals surface area contributed by atoms with Gasteiger partial charge in [0.05, 0.1) is 36.9 Å². The highest BCUT2D eigenvalue weighted by Crippen LogP contribution is 2.38. The molecule has 0 aromatic carbocycles. The highest BCUT2D eigenvalue weighted by molar-refractivity contribution is 5.91. The molecular weight excluding hydrogens is 738 g/mol. The maximum atomic E-state index is 13.4. The first-order valence-corrected chi connectivity index (χ1v) is 19.3. The van der Waals surface area contributed by atoms with Crippen molar-refractivity contribution in [3.8, 4) is 0 Å². The van der Waals surface area contributed by atoms with Gasteiger partial charge in [0.1, 0.15) is 48.5 Å². The van der Waals surface area contributed by atoms with E-state index in [1.807, 2.05) is 0 Å². The molecule has 3 fully saturated rings. The van der Waals surface area contributed by atoms with Gasteiger partial charge in [-0.05, 0) is 66.3 Å². The van der Waals surface area contributed by atoms with Gasteiger partial charge < -0.3 is 62.5 Å². The summed E-state index contributed by atoms with van der Waals surface area (Å²) in [4.78, 5) is 64.8. The van der Waals surface area contributed by atoms with Crippen LogP contribution in [0.25, 0.3) is 0 Å². The van der Waals surface area contributed by atoms with E-state index in [2.05, 4.69) is 0 Å². The van der Waals surface area contributed by atoms with Crippen LogP contribution in [0.2, 0.25) is 0 Å². The van der Waals surface area contributed by atoms with Crippen LogP contribution in [0.1, 0.15) is 80.6 Å². The zero-order valence-electron chi connectivity index (χ0n) is 34.1. The van der Waals surface area contributed by atoms with Crippen molar-refractivity contribution >= 4 is 30.0 Å². The van der Waals surface area contributed by atoms with Crippen molar-refractivity contribution in [3.63, 3.8) is 0 Å². The SMILES string of the molecule is COC1C(OC(C)=O)CC(=O)OC(C)CC2OC2C=CC(=O)C(C)CC(CC=O)C1OC1OC(C)C(OC2CC(C)(O)C(OC(C)=O)C(C)O2)C(N(C)C)C1O. The van der Waals surface area contributed by atoms with E-state index in [4.69, 9.17) is 42.6 Å². The number of allylic oxidation sites excluding steroid dienone is 1. The topological polar surface area (TPSA) is 215 Å². The summed E-state index contributed by atoms with van der Waals surface area (Å²) in [5, 5.41) is 23.2. The predicted octanol–water partition coefficient (Wildman–Crippen LogP) is 1.41. The van der Waals surface area contributed by atoms with Crippen LogP contribution in [-0.2, 0) is 66.6 Å². The number of esters is 3. The number of epoxide rings is 1. The van der Waals surface area contributed by atoms with Gasteiger partial charge in [0.2, 0.25) is 0 Å². The van der Waals surface area contributed by atoms with E-state index in [-0.39, 0.29) is 37.3 Å². The molecular formula is C39H61NO16. The molecule has 17 heteroatoms. The number of aliphatic hydroxyl groups excluding tert-OH is 1. The molecule has 0 bridgehead atoms. The van der Waals surface area contributed by atoms with Crippen molar-refractivity contribution in [3.05, 3.63) is 12.2 Å². The largest absolute Gasteiger partial charge is 0.462 e. The molecule has 4 heterocycles. The first-order chi connectivity index (χ1) is 26.3. The molecule has 17 nitrogen and oxygen atoms in total. The second-order valence-corrected chi connectivity index (χ2v) is 16.0. The second kappa shape index (κ2) is 19.7. The number of likely N-dealkylation sites (N-methyl/N-ethyl adjacent to an activating group) is 1. The quantitative estimate of drug-likeness (QED) is 0.138. The van der Waals surface area contributed by atoms with Crippen molar-refractivity contribution in [1.29, 1.82) is 0 Å². The van der Waals surface area contributed by atoms with E-state index in [1.54, 1.807) is 52.8 Å². The van der Waals surface area contributed by atoms with Crippen LogP contribution in [0.4, 0.5) is 0 Å². The molecule has 3 saturated heterocycles. The molecule has 4 aliphatic heterocycles. The molecule has 0 amide bonds. The average molecular weight is 800 g/mol. The van der Waals surface area contributed by atoms with E-state index >= 15 is 0 Å². The Labute approximate surface area is 328 Å².